The fourth-order valence-electron chi connectivity index (χ4n) is 4.02. The molecular weight excluding hydrogens is 473 g/mol. The van der Waals surface area contributed by atoms with Crippen molar-refractivity contribution in [1.82, 2.24) is 5.32 Å². The van der Waals surface area contributed by atoms with Crippen LogP contribution in [0, 0.1) is 0 Å². The quantitative estimate of drug-likeness (QED) is 0.248. The maximum atomic E-state index is 12.6. The summed E-state index contributed by atoms with van der Waals surface area (Å²) < 4.78 is 0.712. The Kier molecular flexibility index (Phi) is 8.18. The first-order valence-corrected chi connectivity index (χ1v) is 14.2. The second kappa shape index (κ2) is 11.5. The van der Waals surface area contributed by atoms with Crippen molar-refractivity contribution in [3.05, 3.63) is 137 Å². The molecule has 0 spiro atoms. The molecule has 2 nitrogen and oxygen atoms in total. The van der Waals surface area contributed by atoms with E-state index in [1.165, 1.54) is 5.56 Å². The van der Waals surface area contributed by atoms with E-state index >= 15 is 0 Å². The summed E-state index contributed by atoms with van der Waals surface area (Å²) in [5.74, 6) is 0.617. The van der Waals surface area contributed by atoms with E-state index < -0.39 is 7.26 Å². The van der Waals surface area contributed by atoms with Crippen molar-refractivity contribution in [2.75, 3.05) is 0 Å². The van der Waals surface area contributed by atoms with Crippen molar-refractivity contribution >= 4 is 53.5 Å². The molecule has 0 radical (unpaired) electrons. The lowest BCUT2D eigenvalue weighted by molar-refractivity contribution is -0.118. The van der Waals surface area contributed by atoms with E-state index in [0.29, 0.717) is 4.24 Å². The standard InChI is InChI=1S/C29H26NOPS2/c1-23(31)30-28(29(33)34-22-24-14-6-2-7-15-24)32(25-16-8-3-9-17-25,26-18-10-4-11-19-26)27-20-12-5-13-21-27/h2-21H,22H2,1H3,(H-,30,31,33)/b29-28-. The minimum atomic E-state index is -2.47. The zero-order chi connectivity index (χ0) is 23.8. The molecule has 0 aliphatic heterocycles. The molecule has 170 valence electrons. The molecule has 0 fully saturated rings. The smallest absolute Gasteiger partial charge is 0.223 e. The zero-order valence-electron chi connectivity index (χ0n) is 18.9. The first kappa shape index (κ1) is 24.2. The molecule has 0 aliphatic carbocycles. The van der Waals surface area contributed by atoms with Gasteiger partial charge < -0.3 is 12.6 Å². The molecule has 0 aliphatic rings. The largest absolute Gasteiger partial charge is 0.768 e. The second-order valence-corrected chi connectivity index (χ2v) is 12.8. The average Bonchev–Trinajstić information content (AvgIpc) is 2.89. The highest BCUT2D eigenvalue weighted by Crippen LogP contribution is 2.63. The van der Waals surface area contributed by atoms with Crippen LogP contribution in [0.2, 0.25) is 0 Å². The van der Waals surface area contributed by atoms with Gasteiger partial charge in [0.05, 0.1) is 0 Å². The third-order valence-corrected chi connectivity index (χ3v) is 11.5. The molecule has 0 unspecified atom stereocenters. The zero-order valence-corrected chi connectivity index (χ0v) is 21.5. The summed E-state index contributed by atoms with van der Waals surface area (Å²) in [7, 11) is -2.47. The van der Waals surface area contributed by atoms with E-state index in [1.807, 2.05) is 36.4 Å². The number of amides is 1. The van der Waals surface area contributed by atoms with Crippen molar-refractivity contribution in [1.29, 1.82) is 0 Å². The molecule has 4 rings (SSSR count). The van der Waals surface area contributed by atoms with Crippen LogP contribution in [0.15, 0.2) is 131 Å². The molecule has 0 aromatic heterocycles. The summed E-state index contributed by atoms with van der Waals surface area (Å²) in [5.41, 5.74) is 2.01. The summed E-state index contributed by atoms with van der Waals surface area (Å²) >= 11 is 7.68. The Labute approximate surface area is 212 Å². The van der Waals surface area contributed by atoms with Gasteiger partial charge >= 0.3 is 0 Å². The predicted molar refractivity (Wildman–Crippen MR) is 151 cm³/mol. The van der Waals surface area contributed by atoms with Gasteiger partial charge in [-0.15, -0.1) is 11.8 Å². The van der Waals surface area contributed by atoms with Crippen molar-refractivity contribution in [3.63, 3.8) is 0 Å². The van der Waals surface area contributed by atoms with Gasteiger partial charge in [0.1, 0.15) is 15.9 Å². The Bertz CT molecular complexity index is 1150. The number of thioether (sulfide) groups is 1. The summed E-state index contributed by atoms with van der Waals surface area (Å²) in [6.07, 6.45) is 0. The SMILES string of the molecule is CC(=O)N/C(=C(\[S-])SCc1ccccc1)[P+](c1ccccc1)(c1ccccc1)c1ccccc1. The Morgan fingerprint density at radius 3 is 1.47 bits per heavy atom. The van der Waals surface area contributed by atoms with Gasteiger partial charge in [0.2, 0.25) is 5.91 Å². The van der Waals surface area contributed by atoms with E-state index in [9.17, 15) is 4.79 Å². The first-order valence-electron chi connectivity index (χ1n) is 11.0. The van der Waals surface area contributed by atoms with E-state index in [2.05, 4.69) is 90.2 Å². The van der Waals surface area contributed by atoms with Crippen LogP contribution >= 0.6 is 19.0 Å². The highest BCUT2D eigenvalue weighted by atomic mass is 32.2. The Morgan fingerprint density at radius 2 is 1.09 bits per heavy atom. The lowest BCUT2D eigenvalue weighted by Gasteiger charge is -2.32. The van der Waals surface area contributed by atoms with Gasteiger partial charge in [-0.1, -0.05) is 89.2 Å². The summed E-state index contributed by atoms with van der Waals surface area (Å²) in [5, 5.41) is 6.67. The molecule has 5 heteroatoms. The van der Waals surface area contributed by atoms with Crippen LogP contribution in [-0.4, -0.2) is 5.91 Å². The lowest BCUT2D eigenvalue weighted by atomic mass is 10.2. The van der Waals surface area contributed by atoms with Crippen LogP contribution in [-0.2, 0) is 23.2 Å². The highest BCUT2D eigenvalue weighted by Gasteiger charge is 2.50. The van der Waals surface area contributed by atoms with E-state index in [0.717, 1.165) is 27.1 Å². The van der Waals surface area contributed by atoms with Gasteiger partial charge in [0, 0.05) is 12.7 Å². The van der Waals surface area contributed by atoms with Crippen molar-refractivity contribution in [2.45, 2.75) is 12.7 Å². The fraction of sp³-hybridized carbons (Fsp3) is 0.0690. The average molecular weight is 500 g/mol. The lowest BCUT2D eigenvalue weighted by Crippen LogP contribution is -2.38. The van der Waals surface area contributed by atoms with E-state index in [1.54, 1.807) is 18.7 Å². The first-order chi connectivity index (χ1) is 16.6. The third-order valence-electron chi connectivity index (χ3n) is 5.47. The molecule has 4 aromatic rings. The number of hydrogen-bond donors (Lipinski definition) is 1. The number of rotatable bonds is 8. The third kappa shape index (κ3) is 5.26. The summed E-state index contributed by atoms with van der Waals surface area (Å²) in [6.45, 7) is 1.56. The van der Waals surface area contributed by atoms with Gasteiger partial charge in [-0.3, -0.25) is 10.1 Å². The molecule has 0 bridgehead atoms. The van der Waals surface area contributed by atoms with Crippen LogP contribution in [0.4, 0.5) is 0 Å². The van der Waals surface area contributed by atoms with Crippen LogP contribution in [0.5, 0.6) is 0 Å². The maximum Gasteiger partial charge on any atom is 0.223 e. The van der Waals surface area contributed by atoms with Crippen LogP contribution < -0.4 is 21.2 Å². The predicted octanol–water partition coefficient (Wildman–Crippen LogP) is 5.72. The molecule has 1 N–H and O–H groups in total. The molecule has 0 heterocycles. The minimum absolute atomic E-state index is 0.121. The van der Waals surface area contributed by atoms with Gasteiger partial charge in [0.25, 0.3) is 0 Å². The number of carbonyl (C=O) groups is 1. The summed E-state index contributed by atoms with van der Waals surface area (Å²) in [4.78, 5) is 12.6. The molecule has 0 saturated heterocycles. The molecule has 34 heavy (non-hydrogen) atoms. The topological polar surface area (TPSA) is 29.1 Å². The molecular formula is C29H26NOPS2. The van der Waals surface area contributed by atoms with Crippen LogP contribution in [0.1, 0.15) is 12.5 Å². The van der Waals surface area contributed by atoms with Gasteiger partial charge in [0.15, 0.2) is 12.7 Å². The Hall–Kier alpha value is -2.91. The van der Waals surface area contributed by atoms with Crippen molar-refractivity contribution < 1.29 is 4.79 Å². The van der Waals surface area contributed by atoms with Crippen LogP contribution in [0.3, 0.4) is 0 Å². The number of benzene rings is 4. The Morgan fingerprint density at radius 1 is 0.706 bits per heavy atom. The normalized spacial score (nSPS) is 12.0. The van der Waals surface area contributed by atoms with Crippen LogP contribution in [0.25, 0.3) is 0 Å². The molecule has 0 atom stereocenters. The number of nitrogens with one attached hydrogen (secondary N) is 1. The number of hydrogen-bond acceptors (Lipinski definition) is 3. The number of carbonyl (C=O) groups excluding carboxylic acids is 1. The van der Waals surface area contributed by atoms with Gasteiger partial charge in [-0.05, 0) is 42.0 Å². The molecule has 0 saturated carbocycles. The van der Waals surface area contributed by atoms with Crippen molar-refractivity contribution in [2.24, 2.45) is 0 Å². The second-order valence-electron chi connectivity index (χ2n) is 7.77. The monoisotopic (exact) mass is 499 g/mol. The van der Waals surface area contributed by atoms with Crippen molar-refractivity contribution in [3.8, 4) is 0 Å². The minimum Gasteiger partial charge on any atom is -0.768 e. The highest BCUT2D eigenvalue weighted by molar-refractivity contribution is 8.11. The summed E-state index contributed by atoms with van der Waals surface area (Å²) in [6, 6.07) is 41.6. The fourth-order valence-corrected chi connectivity index (χ4v) is 10.1. The molecule has 4 aromatic carbocycles. The Balaban J connectivity index is 2.00. The van der Waals surface area contributed by atoms with Gasteiger partial charge in [-0.25, -0.2) is 0 Å². The van der Waals surface area contributed by atoms with E-state index in [4.69, 9.17) is 12.6 Å². The van der Waals surface area contributed by atoms with E-state index in [-0.39, 0.29) is 5.91 Å². The molecule has 1 amide bonds. The maximum absolute atomic E-state index is 12.6. The van der Waals surface area contributed by atoms with Gasteiger partial charge in [-0.2, -0.15) is 0 Å².